The number of rotatable bonds is 8. The molecule has 188 valence electrons. The first-order valence-corrected chi connectivity index (χ1v) is 13.2. The van der Waals surface area contributed by atoms with Gasteiger partial charge in [-0.05, 0) is 56.4 Å². The monoisotopic (exact) mass is 511 g/mol. The third kappa shape index (κ3) is 4.29. The third-order valence-electron chi connectivity index (χ3n) is 6.72. The SMILES string of the molecule is O=C(NO)[C@H](CCCN1C(=O)c2ccccc2C1=O)NS(=O)(=O)c1ccc2c3c(oc2c1)CCCC3. The molecular formula is C25H25N3O7S. The smallest absolute Gasteiger partial charge is 0.261 e. The molecule has 0 unspecified atom stereocenters. The maximum Gasteiger partial charge on any atom is 0.261 e. The highest BCUT2D eigenvalue weighted by molar-refractivity contribution is 7.89. The summed E-state index contributed by atoms with van der Waals surface area (Å²) < 4.78 is 34.4. The first-order chi connectivity index (χ1) is 17.3. The second kappa shape index (κ2) is 9.49. The van der Waals surface area contributed by atoms with Crippen molar-refractivity contribution in [3.8, 4) is 0 Å². The molecular weight excluding hydrogens is 486 g/mol. The van der Waals surface area contributed by atoms with Crippen molar-refractivity contribution in [2.45, 2.75) is 49.5 Å². The van der Waals surface area contributed by atoms with Crippen molar-refractivity contribution in [2.24, 2.45) is 0 Å². The van der Waals surface area contributed by atoms with Gasteiger partial charge in [-0.3, -0.25) is 24.5 Å². The predicted molar refractivity (Wildman–Crippen MR) is 128 cm³/mol. The summed E-state index contributed by atoms with van der Waals surface area (Å²) in [6.07, 6.45) is 3.86. The van der Waals surface area contributed by atoms with E-state index in [1.54, 1.807) is 30.3 Å². The highest BCUT2D eigenvalue weighted by Gasteiger charge is 2.35. The molecule has 3 N–H and O–H groups in total. The highest BCUT2D eigenvalue weighted by Crippen LogP contribution is 2.33. The second-order valence-electron chi connectivity index (χ2n) is 8.97. The lowest BCUT2D eigenvalue weighted by atomic mass is 9.96. The van der Waals surface area contributed by atoms with Gasteiger partial charge in [-0.25, -0.2) is 13.9 Å². The summed E-state index contributed by atoms with van der Waals surface area (Å²) in [4.78, 5) is 38.3. The molecule has 2 aromatic carbocycles. The van der Waals surface area contributed by atoms with E-state index in [0.717, 1.165) is 47.3 Å². The molecule has 1 atom stereocenters. The number of imide groups is 1. The zero-order chi connectivity index (χ0) is 25.4. The van der Waals surface area contributed by atoms with Crippen LogP contribution >= 0.6 is 0 Å². The van der Waals surface area contributed by atoms with Crippen LogP contribution < -0.4 is 10.2 Å². The molecule has 5 rings (SSSR count). The fraction of sp³-hybridized carbons (Fsp3) is 0.320. The normalized spacial score (nSPS) is 16.2. The number of benzene rings is 2. The number of aryl methyl sites for hydroxylation is 2. The van der Waals surface area contributed by atoms with E-state index in [1.807, 2.05) is 0 Å². The molecule has 0 bridgehead atoms. The summed E-state index contributed by atoms with van der Waals surface area (Å²) in [5.41, 5.74) is 3.68. The van der Waals surface area contributed by atoms with Crippen molar-refractivity contribution >= 4 is 38.7 Å². The Morgan fingerprint density at radius 2 is 1.75 bits per heavy atom. The zero-order valence-electron chi connectivity index (χ0n) is 19.3. The number of amides is 3. The maximum atomic E-state index is 13.1. The lowest BCUT2D eigenvalue weighted by molar-refractivity contribution is -0.131. The van der Waals surface area contributed by atoms with Crippen LogP contribution in [0.4, 0.5) is 0 Å². The summed E-state index contributed by atoms with van der Waals surface area (Å²) in [6, 6.07) is 9.75. The predicted octanol–water partition coefficient (Wildman–Crippen LogP) is 2.54. The van der Waals surface area contributed by atoms with Crippen molar-refractivity contribution in [1.29, 1.82) is 0 Å². The van der Waals surface area contributed by atoms with Gasteiger partial charge in [-0.1, -0.05) is 12.1 Å². The Balaban J connectivity index is 1.29. The molecule has 3 aromatic rings. The maximum absolute atomic E-state index is 13.1. The fourth-order valence-corrected chi connectivity index (χ4v) is 6.13. The van der Waals surface area contributed by atoms with Crippen molar-refractivity contribution < 1.29 is 32.4 Å². The lowest BCUT2D eigenvalue weighted by Crippen LogP contribution is -2.46. The Bertz CT molecular complexity index is 1440. The van der Waals surface area contributed by atoms with Crippen LogP contribution in [0.15, 0.2) is 51.8 Å². The number of sulfonamides is 1. The summed E-state index contributed by atoms with van der Waals surface area (Å²) in [5.74, 6) is -0.942. The minimum atomic E-state index is -4.15. The highest BCUT2D eigenvalue weighted by atomic mass is 32.2. The van der Waals surface area contributed by atoms with Gasteiger partial charge >= 0.3 is 0 Å². The summed E-state index contributed by atoms with van der Waals surface area (Å²) in [6.45, 7) is -0.00675. The molecule has 0 radical (unpaired) electrons. The number of hydrogen-bond acceptors (Lipinski definition) is 7. The van der Waals surface area contributed by atoms with Crippen molar-refractivity contribution in [3.05, 3.63) is 64.9 Å². The zero-order valence-corrected chi connectivity index (χ0v) is 20.1. The molecule has 10 nitrogen and oxygen atoms in total. The molecule has 0 saturated heterocycles. The number of nitrogens with one attached hydrogen (secondary N) is 2. The van der Waals surface area contributed by atoms with Gasteiger partial charge in [-0.15, -0.1) is 0 Å². The lowest BCUT2D eigenvalue weighted by Gasteiger charge is -2.19. The van der Waals surface area contributed by atoms with Gasteiger partial charge in [0.2, 0.25) is 10.0 Å². The summed E-state index contributed by atoms with van der Waals surface area (Å²) in [5, 5.41) is 10.0. The van der Waals surface area contributed by atoms with E-state index in [4.69, 9.17) is 9.62 Å². The molecule has 2 heterocycles. The molecule has 1 aromatic heterocycles. The Labute approximate surface area is 207 Å². The van der Waals surface area contributed by atoms with Gasteiger partial charge in [0.15, 0.2) is 0 Å². The van der Waals surface area contributed by atoms with E-state index in [1.165, 1.54) is 17.6 Å². The van der Waals surface area contributed by atoms with E-state index in [-0.39, 0.29) is 24.3 Å². The largest absolute Gasteiger partial charge is 0.461 e. The first-order valence-electron chi connectivity index (χ1n) is 11.8. The van der Waals surface area contributed by atoms with Crippen LogP contribution in [-0.4, -0.2) is 48.8 Å². The third-order valence-corrected chi connectivity index (χ3v) is 8.19. The van der Waals surface area contributed by atoms with Gasteiger partial charge in [0.1, 0.15) is 17.4 Å². The number of carbonyl (C=O) groups excluding carboxylic acids is 3. The van der Waals surface area contributed by atoms with Crippen LogP contribution in [-0.2, 0) is 27.7 Å². The number of carbonyl (C=O) groups is 3. The second-order valence-corrected chi connectivity index (χ2v) is 10.7. The number of hydrogen-bond donors (Lipinski definition) is 3. The quantitative estimate of drug-likeness (QED) is 0.239. The van der Waals surface area contributed by atoms with Crippen LogP contribution in [0.3, 0.4) is 0 Å². The van der Waals surface area contributed by atoms with Gasteiger partial charge in [-0.2, -0.15) is 4.72 Å². The Morgan fingerprint density at radius 1 is 1.06 bits per heavy atom. The molecule has 1 aliphatic heterocycles. The average molecular weight is 512 g/mol. The van der Waals surface area contributed by atoms with E-state index in [0.29, 0.717) is 16.7 Å². The van der Waals surface area contributed by atoms with Crippen molar-refractivity contribution in [3.63, 3.8) is 0 Å². The van der Waals surface area contributed by atoms with Crippen LogP contribution in [0, 0.1) is 0 Å². The minimum absolute atomic E-state index is 0.00675. The van der Waals surface area contributed by atoms with Crippen LogP contribution in [0.5, 0.6) is 0 Å². The Hall–Kier alpha value is -3.54. The number of fused-ring (bicyclic) bond motifs is 4. The average Bonchev–Trinajstić information content (AvgIpc) is 3.37. The van der Waals surface area contributed by atoms with Crippen LogP contribution in [0.25, 0.3) is 11.0 Å². The molecule has 11 heteroatoms. The molecule has 0 spiro atoms. The number of furan rings is 1. The van der Waals surface area contributed by atoms with E-state index in [9.17, 15) is 22.8 Å². The topological polar surface area (TPSA) is 146 Å². The number of nitrogens with zero attached hydrogens (tertiary/aromatic N) is 1. The van der Waals surface area contributed by atoms with Gasteiger partial charge < -0.3 is 4.42 Å². The molecule has 1 aliphatic carbocycles. The van der Waals surface area contributed by atoms with E-state index < -0.39 is 33.8 Å². The fourth-order valence-electron chi connectivity index (χ4n) is 4.88. The standard InChI is InChI=1S/C25H25N3O7S/c29-23(26-32)20(9-5-13-28-24(30)18-7-1-2-8-19(18)25(28)31)27-36(33,34)15-11-12-17-16-6-3-4-10-21(16)35-22(17)14-15/h1-2,7-8,11-12,14,20,27,32H,3-6,9-10,13H2,(H,26,29)/t20-/m0/s1. The number of hydroxylamine groups is 1. The van der Waals surface area contributed by atoms with Crippen LogP contribution in [0.1, 0.15) is 57.7 Å². The Morgan fingerprint density at radius 3 is 2.44 bits per heavy atom. The molecule has 2 aliphatic rings. The minimum Gasteiger partial charge on any atom is -0.461 e. The summed E-state index contributed by atoms with van der Waals surface area (Å²) in [7, 11) is -4.15. The van der Waals surface area contributed by atoms with Gasteiger partial charge in [0, 0.05) is 30.0 Å². The summed E-state index contributed by atoms with van der Waals surface area (Å²) >= 11 is 0. The molecule has 3 amide bonds. The van der Waals surface area contributed by atoms with Crippen LogP contribution in [0.2, 0.25) is 0 Å². The van der Waals surface area contributed by atoms with Gasteiger partial charge in [0.05, 0.1) is 16.0 Å². The van der Waals surface area contributed by atoms with E-state index in [2.05, 4.69) is 4.72 Å². The van der Waals surface area contributed by atoms with Crippen molar-refractivity contribution in [1.82, 2.24) is 15.1 Å². The van der Waals surface area contributed by atoms with Gasteiger partial charge in [0.25, 0.3) is 17.7 Å². The molecule has 0 fully saturated rings. The Kier molecular flexibility index (Phi) is 6.37. The first kappa shape index (κ1) is 24.2. The molecule has 0 saturated carbocycles. The van der Waals surface area contributed by atoms with E-state index >= 15 is 0 Å². The molecule has 36 heavy (non-hydrogen) atoms. The van der Waals surface area contributed by atoms with Crippen molar-refractivity contribution in [2.75, 3.05) is 6.54 Å².